The molecule has 0 amide bonds. The zero-order valence-corrected chi connectivity index (χ0v) is 13.2. The molecule has 1 N–H and O–H groups in total. The SMILES string of the molecule is CC1(NC2=NCC3(CCCCC3)CS2)CCCCC1. The van der Waals surface area contributed by atoms with Gasteiger partial charge in [-0.25, -0.2) is 0 Å². The highest BCUT2D eigenvalue weighted by molar-refractivity contribution is 8.13. The molecule has 0 saturated heterocycles. The Hall–Kier alpha value is -0.180. The molecule has 0 atom stereocenters. The molecule has 1 aliphatic heterocycles. The summed E-state index contributed by atoms with van der Waals surface area (Å²) in [6.07, 6.45) is 13.9. The van der Waals surface area contributed by atoms with Crippen LogP contribution in [-0.2, 0) is 0 Å². The van der Waals surface area contributed by atoms with Crippen molar-refractivity contribution in [1.29, 1.82) is 0 Å². The van der Waals surface area contributed by atoms with Crippen LogP contribution in [-0.4, -0.2) is 23.0 Å². The van der Waals surface area contributed by atoms with Crippen LogP contribution in [0.4, 0.5) is 0 Å². The van der Waals surface area contributed by atoms with E-state index in [2.05, 4.69) is 12.2 Å². The maximum Gasteiger partial charge on any atom is 0.157 e. The third kappa shape index (κ3) is 3.29. The molecule has 0 aromatic heterocycles. The molecule has 0 aromatic rings. The lowest BCUT2D eigenvalue weighted by atomic mass is 9.75. The highest BCUT2D eigenvalue weighted by atomic mass is 32.2. The topological polar surface area (TPSA) is 24.4 Å². The molecule has 3 aliphatic rings. The molecule has 3 heteroatoms. The fourth-order valence-electron chi connectivity index (χ4n) is 3.95. The van der Waals surface area contributed by atoms with Crippen LogP contribution >= 0.6 is 11.8 Å². The molecule has 0 radical (unpaired) electrons. The first kappa shape index (κ1) is 13.8. The van der Waals surface area contributed by atoms with Gasteiger partial charge in [-0.2, -0.15) is 0 Å². The van der Waals surface area contributed by atoms with Crippen molar-refractivity contribution in [1.82, 2.24) is 5.32 Å². The van der Waals surface area contributed by atoms with E-state index in [9.17, 15) is 0 Å². The Morgan fingerprint density at radius 1 is 0.947 bits per heavy atom. The molecule has 19 heavy (non-hydrogen) atoms. The molecule has 1 spiro atoms. The average molecular weight is 280 g/mol. The molecule has 0 bridgehead atoms. The Morgan fingerprint density at radius 2 is 1.58 bits per heavy atom. The Bertz CT molecular complexity index is 339. The maximum absolute atomic E-state index is 4.91. The van der Waals surface area contributed by atoms with Gasteiger partial charge in [0.15, 0.2) is 5.17 Å². The lowest BCUT2D eigenvalue weighted by Gasteiger charge is -2.41. The van der Waals surface area contributed by atoms with Gasteiger partial charge in [0.05, 0.1) is 0 Å². The van der Waals surface area contributed by atoms with E-state index in [1.54, 1.807) is 0 Å². The number of thioether (sulfide) groups is 1. The van der Waals surface area contributed by atoms with Crippen molar-refractivity contribution in [3.8, 4) is 0 Å². The van der Waals surface area contributed by atoms with Gasteiger partial charge in [0.2, 0.25) is 0 Å². The van der Waals surface area contributed by atoms with Crippen LogP contribution in [0.25, 0.3) is 0 Å². The van der Waals surface area contributed by atoms with Crippen molar-refractivity contribution in [2.75, 3.05) is 12.3 Å². The summed E-state index contributed by atoms with van der Waals surface area (Å²) >= 11 is 2.00. The minimum absolute atomic E-state index is 0.321. The van der Waals surface area contributed by atoms with Crippen molar-refractivity contribution in [3.63, 3.8) is 0 Å². The minimum Gasteiger partial charge on any atom is -0.360 e. The Labute approximate surface area is 122 Å². The fourth-order valence-corrected chi connectivity index (χ4v) is 5.24. The highest BCUT2D eigenvalue weighted by Crippen LogP contribution is 2.42. The zero-order chi connectivity index (χ0) is 13.2. The number of nitrogens with one attached hydrogen (secondary N) is 1. The average Bonchev–Trinajstić information content (AvgIpc) is 2.43. The van der Waals surface area contributed by atoms with E-state index in [0.717, 1.165) is 6.54 Å². The van der Waals surface area contributed by atoms with Crippen molar-refractivity contribution in [3.05, 3.63) is 0 Å². The van der Waals surface area contributed by atoms with Crippen molar-refractivity contribution in [2.45, 2.75) is 76.7 Å². The molecule has 2 aliphatic carbocycles. The third-order valence-corrected chi connectivity index (χ3v) is 6.61. The van der Waals surface area contributed by atoms with E-state index < -0.39 is 0 Å². The number of nitrogens with zero attached hydrogens (tertiary/aromatic N) is 1. The third-order valence-electron chi connectivity index (χ3n) is 5.35. The van der Waals surface area contributed by atoms with Gasteiger partial charge in [-0.15, -0.1) is 0 Å². The van der Waals surface area contributed by atoms with Gasteiger partial charge in [0.1, 0.15) is 0 Å². The molecule has 2 saturated carbocycles. The summed E-state index contributed by atoms with van der Waals surface area (Å²) in [5, 5.41) is 5.01. The number of hydrogen-bond acceptors (Lipinski definition) is 3. The van der Waals surface area contributed by atoms with Gasteiger partial charge in [0.25, 0.3) is 0 Å². The standard InChI is InChI=1S/C16H28N2S/c1-15(8-4-2-5-9-15)18-14-17-12-16(13-19-14)10-6-3-7-11-16/h2-13H2,1H3,(H,17,18). The van der Waals surface area contributed by atoms with E-state index in [-0.39, 0.29) is 0 Å². The van der Waals surface area contributed by atoms with Crippen molar-refractivity contribution >= 4 is 16.9 Å². The zero-order valence-electron chi connectivity index (χ0n) is 12.3. The van der Waals surface area contributed by atoms with E-state index >= 15 is 0 Å². The first-order chi connectivity index (χ1) is 9.20. The van der Waals surface area contributed by atoms with Crippen LogP contribution in [0, 0.1) is 5.41 Å². The highest BCUT2D eigenvalue weighted by Gasteiger charge is 2.36. The predicted octanol–water partition coefficient (Wildman–Crippen LogP) is 4.35. The van der Waals surface area contributed by atoms with Crippen LogP contribution in [0.1, 0.15) is 71.1 Å². The second-order valence-electron chi connectivity index (χ2n) is 7.22. The summed E-state index contributed by atoms with van der Waals surface area (Å²) in [5.74, 6) is 1.30. The number of hydrogen-bond donors (Lipinski definition) is 1. The molecule has 108 valence electrons. The van der Waals surface area contributed by atoms with E-state index in [1.807, 2.05) is 11.8 Å². The summed E-state index contributed by atoms with van der Waals surface area (Å²) in [5.41, 5.74) is 0.878. The lowest BCUT2D eigenvalue weighted by molar-refractivity contribution is 0.231. The number of aliphatic imine (C=N–C) groups is 1. The van der Waals surface area contributed by atoms with Crippen LogP contribution < -0.4 is 5.32 Å². The number of amidine groups is 1. The Kier molecular flexibility index (Phi) is 4.11. The first-order valence-corrected chi connectivity index (χ1v) is 9.14. The second kappa shape index (κ2) is 5.67. The van der Waals surface area contributed by atoms with E-state index in [4.69, 9.17) is 4.99 Å². The lowest BCUT2D eigenvalue weighted by Crippen LogP contribution is -2.48. The van der Waals surface area contributed by atoms with Crippen LogP contribution in [0.2, 0.25) is 0 Å². The molecular formula is C16H28N2S. The summed E-state index contributed by atoms with van der Waals surface area (Å²) in [7, 11) is 0. The molecule has 2 nitrogen and oxygen atoms in total. The summed E-state index contributed by atoms with van der Waals surface area (Å²) in [4.78, 5) is 4.91. The molecule has 0 aromatic carbocycles. The van der Waals surface area contributed by atoms with E-state index in [1.165, 1.54) is 75.1 Å². The van der Waals surface area contributed by atoms with Gasteiger partial charge in [-0.3, -0.25) is 4.99 Å². The molecule has 3 rings (SSSR count). The largest absolute Gasteiger partial charge is 0.360 e. The van der Waals surface area contributed by atoms with Crippen LogP contribution in [0.5, 0.6) is 0 Å². The minimum atomic E-state index is 0.321. The van der Waals surface area contributed by atoms with Gasteiger partial charge in [-0.1, -0.05) is 50.3 Å². The molecule has 0 unspecified atom stereocenters. The Balaban J connectivity index is 1.58. The van der Waals surface area contributed by atoms with E-state index in [0.29, 0.717) is 11.0 Å². The predicted molar refractivity (Wildman–Crippen MR) is 84.9 cm³/mol. The Morgan fingerprint density at radius 3 is 2.16 bits per heavy atom. The molecule has 2 fully saturated rings. The van der Waals surface area contributed by atoms with Crippen molar-refractivity contribution in [2.24, 2.45) is 10.4 Å². The van der Waals surface area contributed by atoms with Gasteiger partial charge < -0.3 is 5.32 Å². The fraction of sp³-hybridized carbons (Fsp3) is 0.938. The molecule has 1 heterocycles. The van der Waals surface area contributed by atoms with Crippen molar-refractivity contribution < 1.29 is 0 Å². The number of rotatable bonds is 1. The van der Waals surface area contributed by atoms with Crippen LogP contribution in [0.3, 0.4) is 0 Å². The normalized spacial score (nSPS) is 29.8. The van der Waals surface area contributed by atoms with Gasteiger partial charge in [0, 0.05) is 17.8 Å². The monoisotopic (exact) mass is 280 g/mol. The second-order valence-corrected chi connectivity index (χ2v) is 8.18. The quantitative estimate of drug-likeness (QED) is 0.772. The van der Waals surface area contributed by atoms with Gasteiger partial charge >= 0.3 is 0 Å². The summed E-state index contributed by atoms with van der Waals surface area (Å²) < 4.78 is 0. The summed E-state index contributed by atoms with van der Waals surface area (Å²) in [6.45, 7) is 3.47. The summed E-state index contributed by atoms with van der Waals surface area (Å²) in [6, 6.07) is 0. The smallest absolute Gasteiger partial charge is 0.157 e. The molecular weight excluding hydrogens is 252 g/mol. The first-order valence-electron chi connectivity index (χ1n) is 8.15. The van der Waals surface area contributed by atoms with Crippen LogP contribution in [0.15, 0.2) is 4.99 Å². The maximum atomic E-state index is 4.91. The van der Waals surface area contributed by atoms with Gasteiger partial charge in [-0.05, 0) is 38.0 Å².